The second kappa shape index (κ2) is 9.39. The molecule has 3 amide bonds. The van der Waals surface area contributed by atoms with Crippen molar-refractivity contribution in [1.82, 2.24) is 4.90 Å². The fourth-order valence-corrected chi connectivity index (χ4v) is 3.36. The minimum atomic E-state index is -1.12. The number of carbonyl (C=O) groups excluding carboxylic acids is 3. The number of carboxylic acid groups (broad SMARTS) is 1. The molecule has 0 saturated carbocycles. The second-order valence-electron chi connectivity index (χ2n) is 6.19. The number of carbonyl (C=O) groups is 4. The van der Waals surface area contributed by atoms with Gasteiger partial charge in [0.2, 0.25) is 5.91 Å². The van der Waals surface area contributed by atoms with Crippen LogP contribution in [-0.2, 0) is 14.4 Å². The largest absolute Gasteiger partial charge is 0.482 e. The lowest BCUT2D eigenvalue weighted by molar-refractivity contribution is -0.139. The van der Waals surface area contributed by atoms with Crippen LogP contribution in [0.1, 0.15) is 5.56 Å². The lowest BCUT2D eigenvalue weighted by Gasteiger charge is -2.12. The Morgan fingerprint density at radius 1 is 1.13 bits per heavy atom. The van der Waals surface area contributed by atoms with Crippen molar-refractivity contribution in [2.45, 2.75) is 0 Å². The zero-order valence-corrected chi connectivity index (χ0v) is 16.4. The van der Waals surface area contributed by atoms with Crippen molar-refractivity contribution >= 4 is 46.5 Å². The zero-order valence-electron chi connectivity index (χ0n) is 15.6. The van der Waals surface area contributed by atoms with Crippen molar-refractivity contribution in [3.63, 3.8) is 0 Å². The number of ether oxygens (including phenoxy) is 1. The highest BCUT2D eigenvalue weighted by atomic mass is 32.2. The summed E-state index contributed by atoms with van der Waals surface area (Å²) in [4.78, 5) is 48.0. The minimum Gasteiger partial charge on any atom is -0.482 e. The van der Waals surface area contributed by atoms with Crippen molar-refractivity contribution in [3.8, 4) is 5.75 Å². The number of thioether (sulfide) groups is 1. The monoisotopic (exact) mass is 448 g/mol. The van der Waals surface area contributed by atoms with Crippen LogP contribution in [0, 0.1) is 11.6 Å². The number of benzene rings is 2. The summed E-state index contributed by atoms with van der Waals surface area (Å²) < 4.78 is 31.6. The highest BCUT2D eigenvalue weighted by Crippen LogP contribution is 2.32. The van der Waals surface area contributed by atoms with Crippen LogP contribution in [0.4, 0.5) is 19.3 Å². The summed E-state index contributed by atoms with van der Waals surface area (Å²) in [5.74, 6) is -4.13. The number of hydrogen-bond donors (Lipinski definition) is 2. The third-order valence-electron chi connectivity index (χ3n) is 3.92. The number of halogens is 2. The maximum Gasteiger partial charge on any atom is 0.341 e. The average Bonchev–Trinajstić information content (AvgIpc) is 2.97. The number of nitrogens with one attached hydrogen (secondary N) is 1. The van der Waals surface area contributed by atoms with Gasteiger partial charge in [-0.05, 0) is 47.7 Å². The summed E-state index contributed by atoms with van der Waals surface area (Å²) in [6, 6.07) is 8.72. The molecule has 0 aliphatic carbocycles. The van der Waals surface area contributed by atoms with Gasteiger partial charge in [0.25, 0.3) is 11.1 Å². The molecule has 2 N–H and O–H groups in total. The maximum atomic E-state index is 13.6. The second-order valence-corrected chi connectivity index (χ2v) is 7.18. The van der Waals surface area contributed by atoms with Gasteiger partial charge in [-0.25, -0.2) is 13.6 Å². The first kappa shape index (κ1) is 22.0. The van der Waals surface area contributed by atoms with Gasteiger partial charge in [0.1, 0.15) is 23.9 Å². The number of hydrogen-bond acceptors (Lipinski definition) is 6. The van der Waals surface area contributed by atoms with E-state index in [1.54, 1.807) is 12.1 Å². The van der Waals surface area contributed by atoms with Gasteiger partial charge in [-0.2, -0.15) is 0 Å². The van der Waals surface area contributed by atoms with Gasteiger partial charge in [0.05, 0.1) is 10.6 Å². The van der Waals surface area contributed by atoms with E-state index >= 15 is 0 Å². The molecular formula is C20H14F2N2O6S. The molecule has 0 unspecified atom stereocenters. The highest BCUT2D eigenvalue weighted by molar-refractivity contribution is 8.18. The Morgan fingerprint density at radius 2 is 1.84 bits per heavy atom. The molecular weight excluding hydrogens is 434 g/mol. The number of carboxylic acids is 1. The fourth-order valence-electron chi connectivity index (χ4n) is 2.52. The fraction of sp³-hybridized carbons (Fsp3) is 0.100. The van der Waals surface area contributed by atoms with Crippen molar-refractivity contribution in [2.24, 2.45) is 0 Å². The van der Waals surface area contributed by atoms with Gasteiger partial charge >= 0.3 is 5.97 Å². The van der Waals surface area contributed by atoms with Crippen LogP contribution in [0.25, 0.3) is 6.08 Å². The number of imide groups is 1. The maximum absolute atomic E-state index is 13.6. The Kier molecular flexibility index (Phi) is 6.65. The van der Waals surface area contributed by atoms with E-state index in [1.165, 1.54) is 18.2 Å². The molecule has 0 aromatic heterocycles. The molecule has 3 rings (SSSR count). The summed E-state index contributed by atoms with van der Waals surface area (Å²) in [6.07, 6.45) is 1.43. The molecule has 2 aromatic rings. The molecule has 8 nitrogen and oxygen atoms in total. The quantitative estimate of drug-likeness (QED) is 0.626. The Labute approximate surface area is 178 Å². The molecule has 0 spiro atoms. The molecule has 1 aliphatic heterocycles. The number of anilines is 1. The molecule has 1 fully saturated rings. The Hall–Kier alpha value is -3.73. The van der Waals surface area contributed by atoms with E-state index in [-0.39, 0.29) is 10.6 Å². The number of rotatable bonds is 7. The van der Waals surface area contributed by atoms with Crippen LogP contribution in [0.15, 0.2) is 47.4 Å². The molecule has 11 heteroatoms. The average molecular weight is 448 g/mol. The Balaban J connectivity index is 1.64. The van der Waals surface area contributed by atoms with E-state index in [4.69, 9.17) is 9.84 Å². The Bertz CT molecular complexity index is 1090. The van der Waals surface area contributed by atoms with Crippen LogP contribution in [0.2, 0.25) is 0 Å². The summed E-state index contributed by atoms with van der Waals surface area (Å²) in [5.41, 5.74) is 0.269. The molecule has 2 aromatic carbocycles. The van der Waals surface area contributed by atoms with Crippen LogP contribution >= 0.6 is 11.8 Å². The number of nitrogens with zero attached hydrogens (tertiary/aromatic N) is 1. The number of amides is 3. The van der Waals surface area contributed by atoms with Crippen molar-refractivity contribution in [3.05, 3.63) is 64.6 Å². The van der Waals surface area contributed by atoms with Gasteiger partial charge in [-0.1, -0.05) is 12.1 Å². The van der Waals surface area contributed by atoms with Crippen LogP contribution in [0.3, 0.4) is 0 Å². The standard InChI is InChI=1S/C20H14F2N2O6S/c21-12-3-6-15(14(22)8-12)23-17(25)9-24-19(28)16(31-20(24)29)7-11-1-4-13(5-2-11)30-10-18(26)27/h1-8H,9-10H2,(H,23,25)(H,26,27). The first-order valence-electron chi connectivity index (χ1n) is 8.68. The van der Waals surface area contributed by atoms with Crippen molar-refractivity contribution < 1.29 is 37.8 Å². The predicted molar refractivity (Wildman–Crippen MR) is 107 cm³/mol. The normalized spacial score (nSPS) is 14.8. The third kappa shape index (κ3) is 5.66. The SMILES string of the molecule is O=C(O)COc1ccc(C=C2SC(=O)N(CC(=O)Nc3ccc(F)cc3F)C2=O)cc1. The number of aliphatic carboxylic acids is 1. The molecule has 31 heavy (non-hydrogen) atoms. The third-order valence-corrected chi connectivity index (χ3v) is 4.83. The first-order chi connectivity index (χ1) is 14.7. The lowest BCUT2D eigenvalue weighted by atomic mass is 10.2. The first-order valence-corrected chi connectivity index (χ1v) is 9.49. The summed E-state index contributed by atoms with van der Waals surface area (Å²) >= 11 is 0.634. The van der Waals surface area contributed by atoms with E-state index < -0.39 is 47.8 Å². The molecule has 0 bridgehead atoms. The van der Waals surface area contributed by atoms with Crippen molar-refractivity contribution in [2.75, 3.05) is 18.5 Å². The molecule has 0 atom stereocenters. The van der Waals surface area contributed by atoms with Gasteiger partial charge in [0, 0.05) is 6.07 Å². The van der Waals surface area contributed by atoms with E-state index in [0.29, 0.717) is 34.0 Å². The minimum absolute atomic E-state index is 0.0740. The van der Waals surface area contributed by atoms with Crippen molar-refractivity contribution in [1.29, 1.82) is 0 Å². The van der Waals surface area contributed by atoms with Crippen LogP contribution in [0.5, 0.6) is 5.75 Å². The molecule has 1 saturated heterocycles. The summed E-state index contributed by atoms with van der Waals surface area (Å²) in [5, 5.41) is 10.1. The molecule has 0 radical (unpaired) electrons. The molecule has 1 aliphatic rings. The smallest absolute Gasteiger partial charge is 0.341 e. The van der Waals surface area contributed by atoms with E-state index in [9.17, 15) is 28.0 Å². The van der Waals surface area contributed by atoms with Crippen LogP contribution in [-0.4, -0.2) is 46.2 Å². The van der Waals surface area contributed by atoms with E-state index in [0.717, 1.165) is 12.1 Å². The summed E-state index contributed by atoms with van der Waals surface area (Å²) in [7, 11) is 0. The van der Waals surface area contributed by atoms with Gasteiger partial charge in [-0.3, -0.25) is 19.3 Å². The van der Waals surface area contributed by atoms with Crippen LogP contribution < -0.4 is 10.1 Å². The lowest BCUT2D eigenvalue weighted by Crippen LogP contribution is -2.36. The topological polar surface area (TPSA) is 113 Å². The van der Waals surface area contributed by atoms with Gasteiger partial charge in [0.15, 0.2) is 6.61 Å². The predicted octanol–water partition coefficient (Wildman–Crippen LogP) is 3.10. The highest BCUT2D eigenvalue weighted by Gasteiger charge is 2.36. The molecule has 160 valence electrons. The van der Waals surface area contributed by atoms with Gasteiger partial charge < -0.3 is 15.2 Å². The zero-order chi connectivity index (χ0) is 22.5. The summed E-state index contributed by atoms with van der Waals surface area (Å²) in [6.45, 7) is -1.14. The van der Waals surface area contributed by atoms with E-state index in [1.807, 2.05) is 0 Å². The van der Waals surface area contributed by atoms with Gasteiger partial charge in [-0.15, -0.1) is 0 Å². The Morgan fingerprint density at radius 3 is 2.48 bits per heavy atom. The van der Waals surface area contributed by atoms with E-state index in [2.05, 4.69) is 5.32 Å². The molecule has 1 heterocycles.